The molecule has 0 heterocycles. The predicted molar refractivity (Wildman–Crippen MR) is 56.2 cm³/mol. The van der Waals surface area contributed by atoms with Crippen molar-refractivity contribution in [1.82, 2.24) is 10.6 Å². The maximum absolute atomic E-state index is 10.7. The number of hydrogen-bond donors (Lipinski definition) is 2. The third-order valence-electron chi connectivity index (χ3n) is 1.87. The number of rotatable bonds is 7. The lowest BCUT2D eigenvalue weighted by molar-refractivity contribution is -0.122. The quantitative estimate of drug-likeness (QED) is 0.462. The van der Waals surface area contributed by atoms with Crippen molar-refractivity contribution >= 4 is 18.1 Å². The van der Waals surface area contributed by atoms with Crippen LogP contribution in [0, 0.1) is 0 Å². The average molecular weight is 214 g/mol. The number of hydrogen-bond acceptors (Lipinski definition) is 3. The highest BCUT2D eigenvalue weighted by Crippen LogP contribution is 1.98. The largest absolute Gasteiger partial charge is 0.356 e. The molecule has 0 saturated carbocycles. The summed E-state index contributed by atoms with van der Waals surface area (Å²) in [5.41, 5.74) is 0. The number of aldehydes is 1. The van der Waals surface area contributed by atoms with E-state index in [2.05, 4.69) is 10.6 Å². The molecule has 2 amide bonds. The SMILES string of the molecule is CC(=O)NCCCCC(C=O)NC(C)=O. The summed E-state index contributed by atoms with van der Waals surface area (Å²) in [5.74, 6) is -0.252. The monoisotopic (exact) mass is 214 g/mol. The van der Waals surface area contributed by atoms with Crippen LogP contribution in [0.1, 0.15) is 33.1 Å². The van der Waals surface area contributed by atoms with Gasteiger partial charge in [-0.15, -0.1) is 0 Å². The molecule has 0 spiro atoms. The van der Waals surface area contributed by atoms with Crippen LogP contribution < -0.4 is 10.6 Å². The van der Waals surface area contributed by atoms with Crippen molar-refractivity contribution in [2.24, 2.45) is 0 Å². The van der Waals surface area contributed by atoms with Crippen molar-refractivity contribution in [3.8, 4) is 0 Å². The van der Waals surface area contributed by atoms with Gasteiger partial charge in [0.25, 0.3) is 0 Å². The Morgan fingerprint density at radius 2 is 1.87 bits per heavy atom. The van der Waals surface area contributed by atoms with Gasteiger partial charge < -0.3 is 15.4 Å². The zero-order valence-corrected chi connectivity index (χ0v) is 9.21. The van der Waals surface area contributed by atoms with Crippen molar-refractivity contribution in [1.29, 1.82) is 0 Å². The molecule has 0 aliphatic heterocycles. The summed E-state index contributed by atoms with van der Waals surface area (Å²) in [5, 5.41) is 5.20. The average Bonchev–Trinajstić information content (AvgIpc) is 2.14. The van der Waals surface area contributed by atoms with Crippen LogP contribution in [-0.2, 0) is 14.4 Å². The Labute approximate surface area is 89.6 Å². The van der Waals surface area contributed by atoms with Gasteiger partial charge in [0.2, 0.25) is 11.8 Å². The number of unbranched alkanes of at least 4 members (excludes halogenated alkanes) is 1. The second-order valence-corrected chi connectivity index (χ2v) is 3.42. The molecule has 0 bridgehead atoms. The topological polar surface area (TPSA) is 75.3 Å². The van der Waals surface area contributed by atoms with Gasteiger partial charge in [0.1, 0.15) is 6.29 Å². The van der Waals surface area contributed by atoms with Gasteiger partial charge in [-0.25, -0.2) is 0 Å². The third kappa shape index (κ3) is 8.93. The summed E-state index contributed by atoms with van der Waals surface area (Å²) in [7, 11) is 0. The number of nitrogens with one attached hydrogen (secondary N) is 2. The summed E-state index contributed by atoms with van der Waals surface area (Å²) in [4.78, 5) is 31.7. The fraction of sp³-hybridized carbons (Fsp3) is 0.700. The first-order valence-electron chi connectivity index (χ1n) is 5.03. The molecule has 5 nitrogen and oxygen atoms in total. The number of amides is 2. The van der Waals surface area contributed by atoms with Crippen LogP contribution in [-0.4, -0.2) is 30.7 Å². The van der Waals surface area contributed by atoms with Crippen molar-refractivity contribution in [3.63, 3.8) is 0 Å². The molecule has 0 fully saturated rings. The van der Waals surface area contributed by atoms with E-state index in [1.165, 1.54) is 13.8 Å². The summed E-state index contributed by atoms with van der Waals surface area (Å²) >= 11 is 0. The van der Waals surface area contributed by atoms with E-state index in [1.807, 2.05) is 0 Å². The molecule has 0 aliphatic carbocycles. The molecule has 0 aliphatic rings. The Morgan fingerprint density at radius 3 is 2.33 bits per heavy atom. The zero-order chi connectivity index (χ0) is 11.7. The van der Waals surface area contributed by atoms with Gasteiger partial charge in [0.05, 0.1) is 6.04 Å². The molecule has 2 N–H and O–H groups in total. The third-order valence-corrected chi connectivity index (χ3v) is 1.87. The normalized spacial score (nSPS) is 11.6. The predicted octanol–water partition coefficient (Wildman–Crippen LogP) is -0.00360. The van der Waals surface area contributed by atoms with Crippen molar-refractivity contribution in [2.45, 2.75) is 39.2 Å². The first-order valence-corrected chi connectivity index (χ1v) is 5.03. The van der Waals surface area contributed by atoms with Gasteiger partial charge in [-0.1, -0.05) is 0 Å². The van der Waals surface area contributed by atoms with E-state index in [4.69, 9.17) is 0 Å². The summed E-state index contributed by atoms with van der Waals surface area (Å²) in [6, 6.07) is -0.403. The molecular formula is C10H18N2O3. The smallest absolute Gasteiger partial charge is 0.217 e. The van der Waals surface area contributed by atoms with Crippen LogP contribution in [0.3, 0.4) is 0 Å². The van der Waals surface area contributed by atoms with E-state index in [0.29, 0.717) is 13.0 Å². The molecule has 1 atom stereocenters. The Bertz CT molecular complexity index is 229. The van der Waals surface area contributed by atoms with Crippen LogP contribution >= 0.6 is 0 Å². The summed E-state index contributed by atoms with van der Waals surface area (Å²) < 4.78 is 0. The molecular weight excluding hydrogens is 196 g/mol. The van der Waals surface area contributed by atoms with E-state index in [-0.39, 0.29) is 11.8 Å². The summed E-state index contributed by atoms with van der Waals surface area (Å²) in [6.45, 7) is 3.46. The molecule has 86 valence electrons. The van der Waals surface area contributed by atoms with Crippen LogP contribution in [0.4, 0.5) is 0 Å². The van der Waals surface area contributed by atoms with E-state index >= 15 is 0 Å². The Kier molecular flexibility index (Phi) is 7.23. The highest BCUT2D eigenvalue weighted by molar-refractivity contribution is 5.77. The molecule has 5 heteroatoms. The van der Waals surface area contributed by atoms with Crippen molar-refractivity contribution in [2.75, 3.05) is 6.54 Å². The Hall–Kier alpha value is -1.39. The van der Waals surface area contributed by atoms with Gasteiger partial charge in [-0.05, 0) is 19.3 Å². The van der Waals surface area contributed by atoms with Crippen LogP contribution in [0.2, 0.25) is 0 Å². The molecule has 15 heavy (non-hydrogen) atoms. The minimum atomic E-state index is -0.403. The lowest BCUT2D eigenvalue weighted by Crippen LogP contribution is -2.34. The molecule has 1 unspecified atom stereocenters. The van der Waals surface area contributed by atoms with Crippen LogP contribution in [0.25, 0.3) is 0 Å². The van der Waals surface area contributed by atoms with Gasteiger partial charge >= 0.3 is 0 Å². The van der Waals surface area contributed by atoms with Crippen molar-refractivity contribution in [3.05, 3.63) is 0 Å². The van der Waals surface area contributed by atoms with Crippen LogP contribution in [0.15, 0.2) is 0 Å². The zero-order valence-electron chi connectivity index (χ0n) is 9.21. The van der Waals surface area contributed by atoms with Crippen LogP contribution in [0.5, 0.6) is 0 Å². The lowest BCUT2D eigenvalue weighted by Gasteiger charge is -2.10. The Morgan fingerprint density at radius 1 is 1.20 bits per heavy atom. The molecule has 0 aromatic carbocycles. The van der Waals surface area contributed by atoms with Crippen molar-refractivity contribution < 1.29 is 14.4 Å². The minimum absolute atomic E-state index is 0.0520. The minimum Gasteiger partial charge on any atom is -0.356 e. The highest BCUT2D eigenvalue weighted by atomic mass is 16.2. The van der Waals surface area contributed by atoms with Gasteiger partial charge in [0.15, 0.2) is 0 Å². The molecule has 0 aromatic rings. The van der Waals surface area contributed by atoms with E-state index in [9.17, 15) is 14.4 Å². The fourth-order valence-electron chi connectivity index (χ4n) is 1.19. The number of carbonyl (C=O) groups is 3. The van der Waals surface area contributed by atoms with E-state index < -0.39 is 6.04 Å². The first-order chi connectivity index (χ1) is 7.06. The molecule has 0 radical (unpaired) electrons. The molecule has 0 saturated heterocycles. The van der Waals surface area contributed by atoms with E-state index in [1.54, 1.807) is 0 Å². The molecule has 0 rings (SSSR count). The number of carbonyl (C=O) groups excluding carboxylic acids is 3. The molecule has 0 aromatic heterocycles. The van der Waals surface area contributed by atoms with Gasteiger partial charge in [-0.3, -0.25) is 9.59 Å². The highest BCUT2D eigenvalue weighted by Gasteiger charge is 2.07. The first kappa shape index (κ1) is 13.6. The lowest BCUT2D eigenvalue weighted by atomic mass is 10.1. The second-order valence-electron chi connectivity index (χ2n) is 3.42. The second kappa shape index (κ2) is 7.96. The van der Waals surface area contributed by atoms with Gasteiger partial charge in [-0.2, -0.15) is 0 Å². The Balaban J connectivity index is 3.50. The standard InChI is InChI=1S/C10H18N2O3/c1-8(14)11-6-4-3-5-10(7-13)12-9(2)15/h7,10H,3-6H2,1-2H3,(H,11,14)(H,12,15). The maximum Gasteiger partial charge on any atom is 0.217 e. The maximum atomic E-state index is 10.7. The summed E-state index contributed by atoms with van der Waals surface area (Å²) in [6.07, 6.45) is 2.95. The van der Waals surface area contributed by atoms with Gasteiger partial charge in [0, 0.05) is 20.4 Å². The van der Waals surface area contributed by atoms with E-state index in [0.717, 1.165) is 19.1 Å². The fourth-order valence-corrected chi connectivity index (χ4v) is 1.19.